The lowest BCUT2D eigenvalue weighted by atomic mass is 9.81. The number of hydrogen-bond donors (Lipinski definition) is 1. The van der Waals surface area contributed by atoms with Crippen LogP contribution in [0.25, 0.3) is 0 Å². The van der Waals surface area contributed by atoms with Gasteiger partial charge in [0, 0.05) is 13.1 Å². The summed E-state index contributed by atoms with van der Waals surface area (Å²) in [7, 11) is -4.57. The van der Waals surface area contributed by atoms with Crippen LogP contribution in [0.2, 0.25) is 0 Å². The van der Waals surface area contributed by atoms with E-state index in [0.29, 0.717) is 30.5 Å². The first-order chi connectivity index (χ1) is 9.02. The number of carbonyl (C=O) groups is 1. The SMILES string of the molecule is CC(C(F)(F)F)S(=O)(=O)N1C[C@@H]2CCC[C@@]2(C(=O)O)C1. The second-order valence-electron chi connectivity index (χ2n) is 5.57. The van der Waals surface area contributed by atoms with Gasteiger partial charge in [-0.25, -0.2) is 8.42 Å². The summed E-state index contributed by atoms with van der Waals surface area (Å²) in [6, 6.07) is 0. The molecular formula is C11H16F3NO4S. The second kappa shape index (κ2) is 4.59. The molecule has 0 spiro atoms. The van der Waals surface area contributed by atoms with Gasteiger partial charge < -0.3 is 5.11 Å². The third-order valence-electron chi connectivity index (χ3n) is 4.53. The van der Waals surface area contributed by atoms with Crippen molar-refractivity contribution in [2.45, 2.75) is 37.6 Å². The quantitative estimate of drug-likeness (QED) is 0.855. The van der Waals surface area contributed by atoms with Crippen LogP contribution >= 0.6 is 0 Å². The molecule has 2 aliphatic rings. The highest BCUT2D eigenvalue weighted by Crippen LogP contribution is 2.50. The lowest BCUT2D eigenvalue weighted by Crippen LogP contribution is -2.45. The first kappa shape index (κ1) is 15.6. The Morgan fingerprint density at radius 2 is 2.05 bits per heavy atom. The van der Waals surface area contributed by atoms with Gasteiger partial charge in [0.1, 0.15) is 0 Å². The number of nitrogens with zero attached hydrogens (tertiary/aromatic N) is 1. The Bertz CT molecular complexity index is 518. The first-order valence-electron chi connectivity index (χ1n) is 6.31. The van der Waals surface area contributed by atoms with Gasteiger partial charge in [-0.15, -0.1) is 0 Å². The van der Waals surface area contributed by atoms with Crippen molar-refractivity contribution in [1.29, 1.82) is 0 Å². The summed E-state index contributed by atoms with van der Waals surface area (Å²) in [4.78, 5) is 11.4. The van der Waals surface area contributed by atoms with E-state index in [1.54, 1.807) is 0 Å². The number of fused-ring (bicyclic) bond motifs is 1. The molecule has 3 atom stereocenters. The molecular weight excluding hydrogens is 299 g/mol. The predicted molar refractivity (Wildman–Crippen MR) is 63.4 cm³/mol. The van der Waals surface area contributed by atoms with E-state index in [4.69, 9.17) is 0 Å². The smallest absolute Gasteiger partial charge is 0.406 e. The Morgan fingerprint density at radius 3 is 2.50 bits per heavy atom. The fourth-order valence-corrected chi connectivity index (χ4v) is 4.76. The lowest BCUT2D eigenvalue weighted by molar-refractivity contribution is -0.149. The molecule has 0 aromatic heterocycles. The van der Waals surface area contributed by atoms with E-state index in [2.05, 4.69) is 0 Å². The van der Waals surface area contributed by atoms with Gasteiger partial charge in [0.05, 0.1) is 5.41 Å². The average Bonchev–Trinajstić information content (AvgIpc) is 2.83. The molecule has 9 heteroatoms. The van der Waals surface area contributed by atoms with Crippen molar-refractivity contribution in [3.05, 3.63) is 0 Å². The van der Waals surface area contributed by atoms with Crippen molar-refractivity contribution < 1.29 is 31.5 Å². The molecule has 1 N–H and O–H groups in total. The fourth-order valence-electron chi connectivity index (χ4n) is 3.18. The molecule has 1 aliphatic heterocycles. The van der Waals surface area contributed by atoms with E-state index in [1.807, 2.05) is 0 Å². The van der Waals surface area contributed by atoms with Crippen LogP contribution in [-0.4, -0.2) is 48.3 Å². The highest BCUT2D eigenvalue weighted by molar-refractivity contribution is 7.89. The summed E-state index contributed by atoms with van der Waals surface area (Å²) in [5.41, 5.74) is -1.21. The maximum atomic E-state index is 12.6. The summed E-state index contributed by atoms with van der Waals surface area (Å²) < 4.78 is 62.5. The van der Waals surface area contributed by atoms with Crippen LogP contribution in [0.1, 0.15) is 26.2 Å². The molecule has 0 amide bonds. The largest absolute Gasteiger partial charge is 0.481 e. The van der Waals surface area contributed by atoms with Gasteiger partial charge in [-0.1, -0.05) is 6.42 Å². The van der Waals surface area contributed by atoms with Gasteiger partial charge in [-0.2, -0.15) is 17.5 Å². The number of alkyl halides is 3. The molecule has 2 fully saturated rings. The summed E-state index contributed by atoms with van der Waals surface area (Å²) in [6.45, 7) is 0.113. The second-order valence-corrected chi connectivity index (χ2v) is 7.83. The van der Waals surface area contributed by atoms with Crippen LogP contribution in [0.15, 0.2) is 0 Å². The van der Waals surface area contributed by atoms with E-state index in [-0.39, 0.29) is 13.1 Å². The number of halogens is 3. The van der Waals surface area contributed by atoms with Crippen molar-refractivity contribution in [3.8, 4) is 0 Å². The minimum absolute atomic E-state index is 0.130. The highest BCUT2D eigenvalue weighted by Gasteiger charge is 2.59. The van der Waals surface area contributed by atoms with Crippen LogP contribution < -0.4 is 0 Å². The predicted octanol–water partition coefficient (Wildman–Crippen LogP) is 1.45. The number of carboxylic acids is 1. The topological polar surface area (TPSA) is 74.7 Å². The number of aliphatic carboxylic acids is 1. The molecule has 1 unspecified atom stereocenters. The van der Waals surface area contributed by atoms with Crippen molar-refractivity contribution in [1.82, 2.24) is 4.31 Å². The van der Waals surface area contributed by atoms with E-state index in [1.165, 1.54) is 0 Å². The number of carboxylic acid groups (broad SMARTS) is 1. The average molecular weight is 315 g/mol. The first-order valence-corrected chi connectivity index (χ1v) is 7.81. The third kappa shape index (κ3) is 2.20. The number of sulfonamides is 1. The molecule has 0 aromatic rings. The zero-order valence-corrected chi connectivity index (χ0v) is 11.7. The van der Waals surface area contributed by atoms with Crippen LogP contribution in [0.5, 0.6) is 0 Å². The molecule has 2 rings (SSSR count). The van der Waals surface area contributed by atoms with E-state index < -0.39 is 38.8 Å². The Hall–Kier alpha value is -0.830. The molecule has 1 aliphatic carbocycles. The molecule has 0 radical (unpaired) electrons. The van der Waals surface area contributed by atoms with Crippen molar-refractivity contribution in [3.63, 3.8) is 0 Å². The maximum absolute atomic E-state index is 12.6. The zero-order valence-electron chi connectivity index (χ0n) is 10.9. The number of hydrogen-bond acceptors (Lipinski definition) is 3. The van der Waals surface area contributed by atoms with Crippen molar-refractivity contribution in [2.24, 2.45) is 11.3 Å². The van der Waals surface area contributed by atoms with Gasteiger partial charge in [0.2, 0.25) is 10.0 Å². The molecule has 0 bridgehead atoms. The van der Waals surface area contributed by atoms with Crippen LogP contribution in [0.3, 0.4) is 0 Å². The molecule has 1 heterocycles. The normalized spacial score (nSPS) is 33.1. The maximum Gasteiger partial charge on any atom is 0.406 e. The standard InChI is InChI=1S/C11H16F3NO4S/c1-7(11(12,13)14)20(18,19)15-5-8-3-2-4-10(8,6-15)9(16)17/h7-8H,2-6H2,1H3,(H,16,17)/t7?,8-,10+/m0/s1. The third-order valence-corrected chi connectivity index (χ3v) is 6.69. The summed E-state index contributed by atoms with van der Waals surface area (Å²) in [5, 5.41) is 6.80. The number of rotatable bonds is 3. The Kier molecular flexibility index (Phi) is 3.57. The van der Waals surface area contributed by atoms with Gasteiger partial charge in [0.15, 0.2) is 5.25 Å². The minimum Gasteiger partial charge on any atom is -0.481 e. The Labute approximate surface area is 114 Å². The van der Waals surface area contributed by atoms with Crippen LogP contribution in [0.4, 0.5) is 13.2 Å². The molecule has 20 heavy (non-hydrogen) atoms. The highest BCUT2D eigenvalue weighted by atomic mass is 32.2. The minimum atomic E-state index is -4.85. The molecule has 116 valence electrons. The molecule has 5 nitrogen and oxygen atoms in total. The zero-order chi connectivity index (χ0) is 15.3. The lowest BCUT2D eigenvalue weighted by Gasteiger charge is -2.25. The van der Waals surface area contributed by atoms with E-state index in [0.717, 1.165) is 0 Å². The van der Waals surface area contributed by atoms with Crippen LogP contribution in [-0.2, 0) is 14.8 Å². The van der Waals surface area contributed by atoms with Gasteiger partial charge in [-0.3, -0.25) is 4.79 Å². The molecule has 0 aromatic carbocycles. The fraction of sp³-hybridized carbons (Fsp3) is 0.909. The molecule has 1 saturated carbocycles. The van der Waals surface area contributed by atoms with E-state index in [9.17, 15) is 31.5 Å². The van der Waals surface area contributed by atoms with Crippen LogP contribution in [0, 0.1) is 11.3 Å². The van der Waals surface area contributed by atoms with Gasteiger partial charge in [-0.05, 0) is 25.7 Å². The summed E-state index contributed by atoms with van der Waals surface area (Å²) in [6.07, 6.45) is -3.33. The van der Waals surface area contributed by atoms with Gasteiger partial charge >= 0.3 is 12.1 Å². The Morgan fingerprint density at radius 1 is 1.45 bits per heavy atom. The van der Waals surface area contributed by atoms with E-state index >= 15 is 0 Å². The monoisotopic (exact) mass is 315 g/mol. The summed E-state index contributed by atoms with van der Waals surface area (Å²) >= 11 is 0. The summed E-state index contributed by atoms with van der Waals surface area (Å²) in [5.74, 6) is -1.51. The van der Waals surface area contributed by atoms with Crippen molar-refractivity contribution in [2.75, 3.05) is 13.1 Å². The van der Waals surface area contributed by atoms with Gasteiger partial charge in [0.25, 0.3) is 0 Å². The molecule has 1 saturated heterocycles. The Balaban J connectivity index is 2.27. The van der Waals surface area contributed by atoms with Crippen molar-refractivity contribution >= 4 is 16.0 Å².